The van der Waals surface area contributed by atoms with E-state index in [9.17, 15) is 18.0 Å². The Hall–Kier alpha value is -2.09. The number of rotatable bonds is 4. The predicted octanol–water partition coefficient (Wildman–Crippen LogP) is 4.75. The monoisotopic (exact) mass is 409 g/mol. The fraction of sp³-hybridized carbons (Fsp3) is 0.450. The van der Waals surface area contributed by atoms with Gasteiger partial charge in [0.05, 0.1) is 5.56 Å². The molecule has 1 aromatic carbocycles. The van der Waals surface area contributed by atoms with Crippen molar-refractivity contribution >= 4 is 23.4 Å². The van der Waals surface area contributed by atoms with E-state index < -0.39 is 11.7 Å². The third kappa shape index (κ3) is 4.32. The predicted molar refractivity (Wildman–Crippen MR) is 104 cm³/mol. The third-order valence-corrected chi connectivity index (χ3v) is 5.55. The number of carbonyl (C=O) groups excluding carboxylic acids is 1. The largest absolute Gasteiger partial charge is 0.416 e. The molecule has 3 rings (SSSR count). The van der Waals surface area contributed by atoms with Crippen LogP contribution < -0.4 is 4.90 Å². The van der Waals surface area contributed by atoms with E-state index in [2.05, 4.69) is 9.97 Å². The number of aryl methyl sites for hydroxylation is 3. The zero-order valence-electron chi connectivity index (χ0n) is 16.1. The maximum atomic E-state index is 13.0. The first-order valence-electron chi connectivity index (χ1n) is 9.09. The average molecular weight is 409 g/mol. The second-order valence-corrected chi connectivity index (χ2v) is 7.62. The van der Waals surface area contributed by atoms with Gasteiger partial charge in [0.15, 0.2) is 5.16 Å². The summed E-state index contributed by atoms with van der Waals surface area (Å²) in [5.74, 6) is -0.0894. The van der Waals surface area contributed by atoms with Gasteiger partial charge in [-0.15, -0.1) is 0 Å². The Morgan fingerprint density at radius 2 is 1.89 bits per heavy atom. The van der Waals surface area contributed by atoms with Crippen LogP contribution in [-0.4, -0.2) is 28.7 Å². The van der Waals surface area contributed by atoms with E-state index in [0.717, 1.165) is 29.1 Å². The van der Waals surface area contributed by atoms with Crippen LogP contribution in [0.3, 0.4) is 0 Å². The highest BCUT2D eigenvalue weighted by molar-refractivity contribution is 7.98. The molecular formula is C20H22F3N3OS. The normalized spacial score (nSPS) is 14.1. The number of carbonyl (C=O) groups is 1. The molecule has 28 heavy (non-hydrogen) atoms. The van der Waals surface area contributed by atoms with E-state index in [1.54, 1.807) is 4.90 Å². The van der Waals surface area contributed by atoms with Crippen LogP contribution in [0.1, 0.15) is 40.9 Å². The minimum atomic E-state index is -4.38. The molecule has 1 aromatic heterocycles. The number of thioether (sulfide) groups is 1. The summed E-state index contributed by atoms with van der Waals surface area (Å²) in [5.41, 5.74) is 3.17. The molecule has 0 fully saturated rings. The fourth-order valence-electron chi connectivity index (χ4n) is 3.56. The number of aromatic nitrogens is 2. The van der Waals surface area contributed by atoms with Crippen molar-refractivity contribution in [1.82, 2.24) is 9.97 Å². The van der Waals surface area contributed by atoms with Gasteiger partial charge < -0.3 is 4.90 Å². The fourth-order valence-corrected chi connectivity index (χ4v) is 4.02. The molecule has 1 aliphatic rings. The summed E-state index contributed by atoms with van der Waals surface area (Å²) < 4.78 is 38.9. The van der Waals surface area contributed by atoms with Gasteiger partial charge in [0, 0.05) is 30.0 Å². The second kappa shape index (κ2) is 8.11. The quantitative estimate of drug-likeness (QED) is 0.540. The van der Waals surface area contributed by atoms with Crippen molar-refractivity contribution in [2.45, 2.75) is 50.9 Å². The molecule has 1 amide bonds. The summed E-state index contributed by atoms with van der Waals surface area (Å²) in [7, 11) is 0. The van der Waals surface area contributed by atoms with E-state index >= 15 is 0 Å². The highest BCUT2D eigenvalue weighted by atomic mass is 32.2. The van der Waals surface area contributed by atoms with Crippen molar-refractivity contribution in [1.29, 1.82) is 0 Å². The highest BCUT2D eigenvalue weighted by Gasteiger charge is 2.32. The Balaban J connectivity index is 1.77. The summed E-state index contributed by atoms with van der Waals surface area (Å²) >= 11 is 1.47. The number of amides is 1. The zero-order valence-corrected chi connectivity index (χ0v) is 16.9. The summed E-state index contributed by atoms with van der Waals surface area (Å²) in [6.07, 6.45) is -0.481. The Kier molecular flexibility index (Phi) is 5.98. The number of nitrogens with zero attached hydrogens (tertiary/aromatic N) is 3. The van der Waals surface area contributed by atoms with Crippen LogP contribution in [-0.2, 0) is 23.8 Å². The van der Waals surface area contributed by atoms with Gasteiger partial charge >= 0.3 is 6.18 Å². The highest BCUT2D eigenvalue weighted by Crippen LogP contribution is 2.35. The van der Waals surface area contributed by atoms with Crippen LogP contribution in [0.5, 0.6) is 0 Å². The van der Waals surface area contributed by atoms with Gasteiger partial charge in [0.25, 0.3) is 0 Å². The molecule has 0 unspecified atom stereocenters. The van der Waals surface area contributed by atoms with Crippen molar-refractivity contribution in [2.24, 2.45) is 0 Å². The van der Waals surface area contributed by atoms with Gasteiger partial charge in [-0.2, -0.15) is 13.2 Å². The molecule has 1 aliphatic heterocycles. The molecule has 0 spiro atoms. The third-order valence-electron chi connectivity index (χ3n) is 5.00. The Labute approximate surface area is 166 Å². The zero-order chi connectivity index (χ0) is 20.5. The SMILES string of the molecule is CSc1nc(C)c(CCC(=O)N2CCCc3cc(C(F)(F)F)ccc32)c(C)n1. The van der Waals surface area contributed by atoms with Crippen molar-refractivity contribution in [3.63, 3.8) is 0 Å². The van der Waals surface area contributed by atoms with Crippen molar-refractivity contribution < 1.29 is 18.0 Å². The van der Waals surface area contributed by atoms with Gasteiger partial charge in [-0.1, -0.05) is 11.8 Å². The van der Waals surface area contributed by atoms with Crippen molar-refractivity contribution in [3.05, 3.63) is 46.3 Å². The standard InChI is InChI=1S/C20H22F3N3OS/c1-12-16(13(2)25-19(24-12)28-3)7-9-18(27)26-10-4-5-14-11-15(20(21,22)23)6-8-17(14)26/h6,8,11H,4-5,7,9-10H2,1-3H3. The molecule has 2 aromatic rings. The van der Waals surface area contributed by atoms with Crippen LogP contribution in [0.2, 0.25) is 0 Å². The topological polar surface area (TPSA) is 46.1 Å². The number of anilines is 1. The van der Waals surface area contributed by atoms with E-state index in [1.165, 1.54) is 17.8 Å². The molecule has 0 radical (unpaired) electrons. The minimum Gasteiger partial charge on any atom is -0.312 e. The van der Waals surface area contributed by atoms with Crippen molar-refractivity contribution in [3.8, 4) is 0 Å². The van der Waals surface area contributed by atoms with E-state index in [0.29, 0.717) is 42.2 Å². The van der Waals surface area contributed by atoms with Crippen LogP contribution in [0.4, 0.5) is 18.9 Å². The smallest absolute Gasteiger partial charge is 0.312 e. The first kappa shape index (κ1) is 20.6. The molecule has 0 bridgehead atoms. The maximum absolute atomic E-state index is 13.0. The van der Waals surface area contributed by atoms with E-state index in [-0.39, 0.29) is 12.3 Å². The van der Waals surface area contributed by atoms with Crippen molar-refractivity contribution in [2.75, 3.05) is 17.7 Å². The summed E-state index contributed by atoms with van der Waals surface area (Å²) in [6.45, 7) is 4.34. The molecule has 0 aliphatic carbocycles. The molecule has 0 atom stereocenters. The number of fused-ring (bicyclic) bond motifs is 1. The lowest BCUT2D eigenvalue weighted by Crippen LogP contribution is -2.35. The second-order valence-electron chi connectivity index (χ2n) is 6.85. The van der Waals surface area contributed by atoms with Gasteiger partial charge in [0.2, 0.25) is 5.91 Å². The van der Waals surface area contributed by atoms with Gasteiger partial charge in [0.1, 0.15) is 0 Å². The van der Waals surface area contributed by atoms with Gasteiger partial charge in [-0.25, -0.2) is 9.97 Å². The average Bonchev–Trinajstić information content (AvgIpc) is 2.65. The lowest BCUT2D eigenvalue weighted by molar-refractivity contribution is -0.137. The van der Waals surface area contributed by atoms with E-state index in [1.807, 2.05) is 20.1 Å². The molecule has 8 heteroatoms. The Bertz CT molecular complexity index is 876. The lowest BCUT2D eigenvalue weighted by Gasteiger charge is -2.30. The number of halogens is 3. The molecule has 4 nitrogen and oxygen atoms in total. The van der Waals surface area contributed by atoms with Crippen LogP contribution >= 0.6 is 11.8 Å². The summed E-state index contributed by atoms with van der Waals surface area (Å²) in [6, 6.07) is 3.63. The summed E-state index contributed by atoms with van der Waals surface area (Å²) in [4.78, 5) is 23.3. The number of hydrogen-bond acceptors (Lipinski definition) is 4. The summed E-state index contributed by atoms with van der Waals surface area (Å²) in [5, 5.41) is 0.704. The molecule has 150 valence electrons. The first-order valence-corrected chi connectivity index (χ1v) is 10.3. The van der Waals surface area contributed by atoms with Crippen LogP contribution in [0, 0.1) is 13.8 Å². The molecule has 0 saturated carbocycles. The number of alkyl halides is 3. The lowest BCUT2D eigenvalue weighted by atomic mass is 9.98. The Morgan fingerprint density at radius 1 is 1.21 bits per heavy atom. The van der Waals surface area contributed by atoms with Crippen LogP contribution in [0.15, 0.2) is 23.4 Å². The number of hydrogen-bond donors (Lipinski definition) is 0. The molecular weight excluding hydrogens is 387 g/mol. The first-order chi connectivity index (χ1) is 13.2. The Morgan fingerprint density at radius 3 is 2.50 bits per heavy atom. The molecule has 0 N–H and O–H groups in total. The number of benzene rings is 1. The maximum Gasteiger partial charge on any atom is 0.416 e. The van der Waals surface area contributed by atoms with Gasteiger partial charge in [-0.3, -0.25) is 4.79 Å². The molecule has 0 saturated heterocycles. The van der Waals surface area contributed by atoms with E-state index in [4.69, 9.17) is 0 Å². The van der Waals surface area contributed by atoms with Crippen LogP contribution in [0.25, 0.3) is 0 Å². The minimum absolute atomic E-state index is 0.0894. The van der Waals surface area contributed by atoms with Gasteiger partial charge in [-0.05, 0) is 68.7 Å². The molecule has 2 heterocycles.